The van der Waals surface area contributed by atoms with Gasteiger partial charge in [-0.15, -0.1) is 0 Å². The first kappa shape index (κ1) is 25.8. The monoisotopic (exact) mass is 468 g/mol. The fourth-order valence-electron chi connectivity index (χ4n) is 4.62. The molecule has 0 unspecified atom stereocenters. The smallest absolute Gasteiger partial charge is 0.236 e. The van der Waals surface area contributed by atoms with Gasteiger partial charge in [-0.1, -0.05) is 57.5 Å². The number of allylic oxidation sites excluding steroid dienone is 2. The van der Waals surface area contributed by atoms with Crippen LogP contribution in [-0.4, -0.2) is 33.6 Å². The van der Waals surface area contributed by atoms with E-state index in [-0.39, 0.29) is 16.7 Å². The fourth-order valence-corrected chi connectivity index (χ4v) is 4.62. The van der Waals surface area contributed by atoms with E-state index in [1.165, 1.54) is 10.5 Å². The molecule has 0 fully saturated rings. The number of quaternary nitrogens is 1. The Labute approximate surface area is 206 Å². The van der Waals surface area contributed by atoms with Crippen molar-refractivity contribution in [2.45, 2.75) is 39.0 Å². The largest absolute Gasteiger partial charge is 0.762 e. The number of nitrogens with one attached hydrogen (secondary N) is 1. The molecule has 1 aliphatic rings. The van der Waals surface area contributed by atoms with E-state index in [9.17, 15) is 20.3 Å². The van der Waals surface area contributed by atoms with E-state index in [1.54, 1.807) is 18.0 Å². The van der Waals surface area contributed by atoms with Gasteiger partial charge in [0.25, 0.3) is 0 Å². The molecular weight excluding hydrogens is 436 g/mol. The minimum Gasteiger partial charge on any atom is -0.762 e. The number of hydrogen-bond donors (Lipinski definition) is 1. The molecule has 0 aliphatic carbocycles. The van der Waals surface area contributed by atoms with Crippen molar-refractivity contribution in [3.05, 3.63) is 84.6 Å². The molecule has 0 amide bonds. The van der Waals surface area contributed by atoms with Crippen LogP contribution in [0.3, 0.4) is 0 Å². The third-order valence-corrected chi connectivity index (χ3v) is 6.19. The lowest BCUT2D eigenvalue weighted by atomic mass is 9.80. The summed E-state index contributed by atoms with van der Waals surface area (Å²) in [6.07, 6.45) is 3.70. The summed E-state index contributed by atoms with van der Waals surface area (Å²) in [6, 6.07) is 14.2. The Kier molecular flexibility index (Phi) is 7.55. The van der Waals surface area contributed by atoms with Gasteiger partial charge in [0, 0.05) is 28.9 Å². The van der Waals surface area contributed by atoms with Crippen molar-refractivity contribution >= 4 is 34.0 Å². The van der Waals surface area contributed by atoms with E-state index in [0.29, 0.717) is 0 Å². The molecule has 1 heterocycles. The second-order valence-corrected chi connectivity index (χ2v) is 9.89. The van der Waals surface area contributed by atoms with Gasteiger partial charge in [-0.25, -0.2) is 5.87 Å². The fraction of sp³-hybridized carbons (Fsp3) is 0.345. The van der Waals surface area contributed by atoms with E-state index in [2.05, 4.69) is 71.1 Å². The lowest BCUT2D eigenvalue weighted by Crippen LogP contribution is -3.02. The van der Waals surface area contributed by atoms with E-state index in [1.807, 2.05) is 12.1 Å². The molecule has 6 heteroatoms. The lowest BCUT2D eigenvalue weighted by Gasteiger charge is -2.28. The predicted molar refractivity (Wildman–Crippen MR) is 145 cm³/mol. The highest BCUT2D eigenvalue weighted by Crippen LogP contribution is 2.51. The van der Waals surface area contributed by atoms with Crippen LogP contribution in [0.1, 0.15) is 50.3 Å². The number of fused-ring (bicyclic) bond motifs is 3. The molecule has 3 aromatic carbocycles. The molecule has 1 aliphatic heterocycles. The number of anilines is 1. The van der Waals surface area contributed by atoms with Crippen molar-refractivity contribution in [1.29, 1.82) is 5.26 Å². The van der Waals surface area contributed by atoms with Crippen LogP contribution in [0.25, 0.3) is 27.8 Å². The van der Waals surface area contributed by atoms with E-state index in [4.69, 9.17) is 0 Å². The van der Waals surface area contributed by atoms with Gasteiger partial charge < -0.3 is 15.2 Å². The van der Waals surface area contributed by atoms with Crippen LogP contribution in [-0.2, 0) is 5.41 Å². The highest BCUT2D eigenvalue weighted by atomic mass is 16.2. The summed E-state index contributed by atoms with van der Waals surface area (Å²) in [5.74, 6) is 1.75. The van der Waals surface area contributed by atoms with E-state index in [0.717, 1.165) is 41.5 Å². The molecule has 0 atom stereocenters. The van der Waals surface area contributed by atoms with Crippen molar-refractivity contribution in [3.63, 3.8) is 0 Å². The molecule has 35 heavy (non-hydrogen) atoms. The van der Waals surface area contributed by atoms with Gasteiger partial charge in [0.05, 0.1) is 32.3 Å². The maximum absolute atomic E-state index is 12.4. The lowest BCUT2D eigenvalue weighted by molar-refractivity contribution is -0.836. The number of unbranched alkanes of at least 4 members (excludes halogenated alkanes) is 1. The molecule has 0 saturated heterocycles. The Hall–Kier alpha value is -3.78. The van der Waals surface area contributed by atoms with Crippen LogP contribution in [0.15, 0.2) is 51.7 Å². The predicted octanol–water partition coefficient (Wildman–Crippen LogP) is 3.28. The van der Waals surface area contributed by atoms with Crippen molar-refractivity contribution in [2.75, 3.05) is 32.6 Å². The summed E-state index contributed by atoms with van der Waals surface area (Å²) in [5.41, 5.74) is 1.12. The second-order valence-electron chi connectivity index (χ2n) is 9.89. The minimum atomic E-state index is -0.760. The second kappa shape index (κ2) is 10.2. The van der Waals surface area contributed by atoms with Gasteiger partial charge in [-0.3, -0.25) is 9.59 Å². The Morgan fingerprint density at radius 1 is 1.11 bits per heavy atom. The average Bonchev–Trinajstić information content (AvgIpc) is 3.05. The van der Waals surface area contributed by atoms with Gasteiger partial charge >= 0.3 is 0 Å². The van der Waals surface area contributed by atoms with Crippen molar-refractivity contribution < 1.29 is 4.90 Å². The Balaban J connectivity index is 0.000000795. The summed E-state index contributed by atoms with van der Waals surface area (Å²) in [6.45, 7) is 7.12. The molecule has 4 rings (SSSR count). The summed E-state index contributed by atoms with van der Waals surface area (Å²) in [4.78, 5) is 28.2. The first-order valence-corrected chi connectivity index (χ1v) is 11.9. The summed E-state index contributed by atoms with van der Waals surface area (Å²) < 4.78 is 0. The molecule has 0 bridgehead atoms. The van der Waals surface area contributed by atoms with Gasteiger partial charge in [0.2, 0.25) is 10.9 Å². The third-order valence-electron chi connectivity index (χ3n) is 6.19. The number of rotatable bonds is 5. The molecule has 0 spiro atoms. The van der Waals surface area contributed by atoms with Crippen molar-refractivity contribution in [1.82, 2.24) is 0 Å². The van der Waals surface area contributed by atoms with Gasteiger partial charge in [0.1, 0.15) is 6.07 Å². The zero-order valence-electron chi connectivity index (χ0n) is 21.3. The SMILES string of the molecule is CCCCN1/C(=C/c2c(C(=C=[N-])C#N)c(=O)c2=O)C(C)(C)c2c1ccc1ccccc21.C[NH+](C)C. The molecule has 0 aromatic heterocycles. The van der Waals surface area contributed by atoms with Crippen LogP contribution >= 0.6 is 0 Å². The topological polar surface area (TPSA) is 87.9 Å². The van der Waals surface area contributed by atoms with E-state index < -0.39 is 16.3 Å². The number of hydrogen-bond acceptors (Lipinski definition) is 4. The number of benzene rings is 2. The molecule has 1 N–H and O–H groups in total. The molecule has 6 nitrogen and oxygen atoms in total. The van der Waals surface area contributed by atoms with Crippen molar-refractivity contribution in [3.8, 4) is 6.07 Å². The van der Waals surface area contributed by atoms with Gasteiger partial charge in [-0.05, 0) is 34.9 Å². The molecule has 0 radical (unpaired) electrons. The van der Waals surface area contributed by atoms with Crippen LogP contribution in [0.5, 0.6) is 0 Å². The molecular formula is C29H32N4O2. The minimum absolute atomic E-state index is 0.0606. The van der Waals surface area contributed by atoms with Gasteiger partial charge in [-0.2, -0.15) is 5.26 Å². The number of nitrogens with zero attached hydrogens (tertiary/aromatic N) is 3. The highest BCUT2D eigenvalue weighted by molar-refractivity contribution is 6.02. The molecule has 180 valence electrons. The Bertz CT molecular complexity index is 1450. The average molecular weight is 469 g/mol. The summed E-state index contributed by atoms with van der Waals surface area (Å²) in [7, 11) is 6.25. The Morgan fingerprint density at radius 3 is 2.37 bits per heavy atom. The number of nitriles is 1. The van der Waals surface area contributed by atoms with Crippen LogP contribution in [0.4, 0.5) is 5.69 Å². The first-order chi connectivity index (χ1) is 16.6. The van der Waals surface area contributed by atoms with Crippen LogP contribution < -0.4 is 20.7 Å². The highest BCUT2D eigenvalue weighted by Gasteiger charge is 2.41. The molecule has 0 saturated carbocycles. The Morgan fingerprint density at radius 2 is 1.77 bits per heavy atom. The zero-order chi connectivity index (χ0) is 25.9. The third kappa shape index (κ3) is 4.61. The summed E-state index contributed by atoms with van der Waals surface area (Å²) in [5, 5.41) is 20.8. The summed E-state index contributed by atoms with van der Waals surface area (Å²) >= 11 is 0. The van der Waals surface area contributed by atoms with Crippen LogP contribution in [0.2, 0.25) is 0 Å². The molecule has 3 aromatic rings. The standard InChI is InChI=1S/C26H22N3O2.C3H9N/c1-4-5-12-29-20-11-10-16-8-6-7-9-18(16)23(20)26(2,3)21(29)13-19-22(17(14-27)15-28)25(31)24(19)30;1-4(2)3/h6-11,13H,4-5,12H2,1-3H3;1-3H3/q-1;/p+1/b21-13+;. The van der Waals surface area contributed by atoms with Gasteiger partial charge in [0.15, 0.2) is 0 Å². The first-order valence-electron chi connectivity index (χ1n) is 11.9. The quantitative estimate of drug-likeness (QED) is 0.354. The van der Waals surface area contributed by atoms with Crippen LogP contribution in [0, 0.1) is 11.3 Å². The van der Waals surface area contributed by atoms with Crippen molar-refractivity contribution in [2.24, 2.45) is 0 Å². The van der Waals surface area contributed by atoms with E-state index >= 15 is 0 Å². The normalized spacial score (nSPS) is 15.0. The zero-order valence-corrected chi connectivity index (χ0v) is 21.3. The maximum atomic E-state index is 12.4. The maximum Gasteiger partial charge on any atom is 0.236 e.